The van der Waals surface area contributed by atoms with Crippen LogP contribution in [0.15, 0.2) is 18.5 Å². The number of fused-ring (bicyclic) bond motifs is 1. The third-order valence-electron chi connectivity index (χ3n) is 4.62. The molecule has 2 heterocycles. The van der Waals surface area contributed by atoms with Gasteiger partial charge in [-0.1, -0.05) is 6.42 Å². The van der Waals surface area contributed by atoms with Crippen molar-refractivity contribution in [3.8, 4) is 0 Å². The lowest BCUT2D eigenvalue weighted by Crippen LogP contribution is -2.55. The van der Waals surface area contributed by atoms with Crippen molar-refractivity contribution in [3.63, 3.8) is 0 Å². The van der Waals surface area contributed by atoms with E-state index in [4.69, 9.17) is 0 Å². The smallest absolute Gasteiger partial charge is 0.236 e. The van der Waals surface area contributed by atoms with Crippen molar-refractivity contribution in [2.45, 2.75) is 44.7 Å². The Hall–Kier alpha value is -2.02. The summed E-state index contributed by atoms with van der Waals surface area (Å²) in [4.78, 5) is 33.5. The first-order valence-electron chi connectivity index (χ1n) is 7.96. The fourth-order valence-corrected chi connectivity index (χ4v) is 3.74. The Bertz CT molecular complexity index is 731. The third-order valence-corrected chi connectivity index (χ3v) is 5.66. The van der Waals surface area contributed by atoms with Gasteiger partial charge in [-0.05, 0) is 31.7 Å². The first kappa shape index (κ1) is 14.6. The predicted molar refractivity (Wildman–Crippen MR) is 86.7 cm³/mol. The lowest BCUT2D eigenvalue weighted by atomic mass is 9.67. The zero-order valence-corrected chi connectivity index (χ0v) is 13.5. The quantitative estimate of drug-likeness (QED) is 0.818. The lowest BCUT2D eigenvalue weighted by Gasteiger charge is -2.38. The molecule has 0 aromatic carbocycles. The van der Waals surface area contributed by atoms with Gasteiger partial charge < -0.3 is 10.6 Å². The SMILES string of the molecule is O=C(NCc1nc2cnccc2s1)C1(C(=O)NC2CC2)CCC1. The Morgan fingerprint density at radius 2 is 2.13 bits per heavy atom. The standard InChI is InChI=1S/C16H18N4O2S/c21-14(16(5-1-6-16)15(22)19-10-2-3-10)18-9-13-20-11-8-17-7-4-12(11)23-13/h4,7-8,10H,1-3,5-6,9H2,(H,18,21)(H,19,22). The highest BCUT2D eigenvalue weighted by atomic mass is 32.1. The number of hydrogen-bond donors (Lipinski definition) is 2. The Kier molecular flexibility index (Phi) is 3.52. The first-order valence-corrected chi connectivity index (χ1v) is 8.78. The Morgan fingerprint density at radius 1 is 1.30 bits per heavy atom. The molecule has 23 heavy (non-hydrogen) atoms. The van der Waals surface area contributed by atoms with Crippen LogP contribution in [0.25, 0.3) is 10.2 Å². The molecule has 2 aliphatic rings. The topological polar surface area (TPSA) is 84.0 Å². The summed E-state index contributed by atoms with van der Waals surface area (Å²) in [5.74, 6) is -0.267. The van der Waals surface area contributed by atoms with Crippen LogP contribution in [-0.2, 0) is 16.1 Å². The van der Waals surface area contributed by atoms with E-state index in [1.165, 1.54) is 11.3 Å². The van der Waals surface area contributed by atoms with Crippen LogP contribution < -0.4 is 10.6 Å². The second kappa shape index (κ2) is 5.56. The number of nitrogens with one attached hydrogen (secondary N) is 2. The van der Waals surface area contributed by atoms with Crippen LogP contribution in [0.5, 0.6) is 0 Å². The number of rotatable bonds is 5. The van der Waals surface area contributed by atoms with E-state index < -0.39 is 5.41 Å². The minimum atomic E-state index is -0.860. The van der Waals surface area contributed by atoms with E-state index in [1.54, 1.807) is 12.4 Å². The fourth-order valence-electron chi connectivity index (χ4n) is 2.87. The third kappa shape index (κ3) is 2.69. The minimum absolute atomic E-state index is 0.0998. The van der Waals surface area contributed by atoms with Crippen molar-refractivity contribution in [1.29, 1.82) is 0 Å². The largest absolute Gasteiger partial charge is 0.352 e. The average Bonchev–Trinajstić information content (AvgIpc) is 3.20. The number of thiazole rings is 1. The van der Waals surface area contributed by atoms with Crippen LogP contribution in [0.4, 0.5) is 0 Å². The maximum Gasteiger partial charge on any atom is 0.236 e. The maximum absolute atomic E-state index is 12.6. The van der Waals surface area contributed by atoms with Gasteiger partial charge in [-0.2, -0.15) is 0 Å². The highest BCUT2D eigenvalue weighted by molar-refractivity contribution is 7.18. The van der Waals surface area contributed by atoms with Gasteiger partial charge >= 0.3 is 0 Å². The molecule has 120 valence electrons. The molecule has 0 bridgehead atoms. The Morgan fingerprint density at radius 3 is 2.78 bits per heavy atom. The molecule has 4 rings (SSSR count). The van der Waals surface area contributed by atoms with Crippen molar-refractivity contribution in [2.24, 2.45) is 5.41 Å². The van der Waals surface area contributed by atoms with Gasteiger partial charge in [0.15, 0.2) is 0 Å². The zero-order chi connectivity index (χ0) is 15.9. The van der Waals surface area contributed by atoms with Gasteiger partial charge in [0.25, 0.3) is 0 Å². The first-order chi connectivity index (χ1) is 11.2. The van der Waals surface area contributed by atoms with Gasteiger partial charge in [0.05, 0.1) is 23.0 Å². The predicted octanol–water partition coefficient (Wildman–Crippen LogP) is 1.76. The van der Waals surface area contributed by atoms with E-state index in [1.807, 2.05) is 6.07 Å². The molecule has 0 atom stereocenters. The van der Waals surface area contributed by atoms with Crippen LogP contribution in [0.1, 0.15) is 37.1 Å². The second-order valence-electron chi connectivity index (χ2n) is 6.32. The number of hydrogen-bond acceptors (Lipinski definition) is 5. The molecule has 2 aromatic rings. The van der Waals surface area contributed by atoms with Gasteiger partial charge in [-0.15, -0.1) is 11.3 Å². The summed E-state index contributed by atoms with van der Waals surface area (Å²) in [6, 6.07) is 2.19. The summed E-state index contributed by atoms with van der Waals surface area (Å²) in [5, 5.41) is 6.71. The molecule has 0 spiro atoms. The summed E-state index contributed by atoms with van der Waals surface area (Å²) in [6.45, 7) is 0.358. The van der Waals surface area contributed by atoms with E-state index in [-0.39, 0.29) is 17.9 Å². The molecule has 0 unspecified atom stereocenters. The van der Waals surface area contributed by atoms with E-state index in [2.05, 4.69) is 20.6 Å². The van der Waals surface area contributed by atoms with E-state index in [9.17, 15) is 9.59 Å². The molecule has 7 heteroatoms. The van der Waals surface area contributed by atoms with Crippen molar-refractivity contribution >= 4 is 33.4 Å². The molecular weight excluding hydrogens is 312 g/mol. The fraction of sp³-hybridized carbons (Fsp3) is 0.500. The molecule has 2 aliphatic carbocycles. The molecule has 6 nitrogen and oxygen atoms in total. The molecule has 2 N–H and O–H groups in total. The van der Waals surface area contributed by atoms with Gasteiger partial charge in [-0.25, -0.2) is 4.98 Å². The number of nitrogens with zero attached hydrogens (tertiary/aromatic N) is 2. The summed E-state index contributed by atoms with van der Waals surface area (Å²) in [6.07, 6.45) is 7.72. The molecule has 0 radical (unpaired) electrons. The van der Waals surface area contributed by atoms with Gasteiger partial charge in [0.2, 0.25) is 11.8 Å². The van der Waals surface area contributed by atoms with E-state index in [0.29, 0.717) is 19.4 Å². The van der Waals surface area contributed by atoms with E-state index in [0.717, 1.165) is 34.5 Å². The monoisotopic (exact) mass is 330 g/mol. The van der Waals surface area contributed by atoms with Crippen LogP contribution in [0.3, 0.4) is 0 Å². The van der Waals surface area contributed by atoms with Crippen LogP contribution in [-0.4, -0.2) is 27.8 Å². The lowest BCUT2D eigenvalue weighted by molar-refractivity contribution is -0.149. The Labute approximate surface area is 137 Å². The number of carbonyl (C=O) groups excluding carboxylic acids is 2. The average molecular weight is 330 g/mol. The molecule has 2 saturated carbocycles. The van der Waals surface area contributed by atoms with Crippen LogP contribution >= 0.6 is 11.3 Å². The minimum Gasteiger partial charge on any atom is -0.352 e. The van der Waals surface area contributed by atoms with Gasteiger partial charge in [0, 0.05) is 12.2 Å². The van der Waals surface area contributed by atoms with Crippen molar-refractivity contribution in [1.82, 2.24) is 20.6 Å². The zero-order valence-electron chi connectivity index (χ0n) is 12.7. The maximum atomic E-state index is 12.6. The van der Waals surface area contributed by atoms with Crippen molar-refractivity contribution < 1.29 is 9.59 Å². The van der Waals surface area contributed by atoms with Gasteiger partial charge in [0.1, 0.15) is 10.4 Å². The number of amides is 2. The summed E-state index contributed by atoms with van der Waals surface area (Å²) in [7, 11) is 0. The van der Waals surface area contributed by atoms with E-state index >= 15 is 0 Å². The summed E-state index contributed by atoms with van der Waals surface area (Å²) in [5.41, 5.74) is -0.0209. The molecular formula is C16H18N4O2S. The van der Waals surface area contributed by atoms with Crippen LogP contribution in [0.2, 0.25) is 0 Å². The van der Waals surface area contributed by atoms with Crippen molar-refractivity contribution in [2.75, 3.05) is 0 Å². The normalized spacial score (nSPS) is 19.1. The van der Waals surface area contributed by atoms with Gasteiger partial charge in [-0.3, -0.25) is 14.6 Å². The number of aromatic nitrogens is 2. The second-order valence-corrected chi connectivity index (χ2v) is 7.43. The molecule has 2 amide bonds. The molecule has 2 fully saturated rings. The highest BCUT2D eigenvalue weighted by Crippen LogP contribution is 2.42. The Balaban J connectivity index is 1.42. The summed E-state index contributed by atoms with van der Waals surface area (Å²) < 4.78 is 1.05. The van der Waals surface area contributed by atoms with Crippen molar-refractivity contribution in [3.05, 3.63) is 23.5 Å². The van der Waals surface area contributed by atoms with Crippen LogP contribution in [0, 0.1) is 5.41 Å². The molecule has 2 aromatic heterocycles. The highest BCUT2D eigenvalue weighted by Gasteiger charge is 2.51. The number of pyridine rings is 1. The molecule has 0 aliphatic heterocycles. The molecule has 0 saturated heterocycles. The number of carbonyl (C=O) groups is 2. The summed E-state index contributed by atoms with van der Waals surface area (Å²) >= 11 is 1.54.